The van der Waals surface area contributed by atoms with Gasteiger partial charge in [0.15, 0.2) is 0 Å². The lowest BCUT2D eigenvalue weighted by atomic mass is 10.2. The van der Waals surface area contributed by atoms with E-state index in [9.17, 15) is 13.2 Å². The lowest BCUT2D eigenvalue weighted by molar-refractivity contribution is -0.141. The summed E-state index contributed by atoms with van der Waals surface area (Å²) in [4.78, 5) is 3.26. The van der Waals surface area contributed by atoms with Gasteiger partial charge in [-0.15, -0.1) is 11.6 Å². The van der Waals surface area contributed by atoms with Crippen LogP contribution in [0.3, 0.4) is 0 Å². The van der Waals surface area contributed by atoms with E-state index >= 15 is 0 Å². The maximum atomic E-state index is 12.0. The number of pyridine rings is 1. The number of rotatable bonds is 1. The van der Waals surface area contributed by atoms with Crippen molar-refractivity contribution in [2.24, 2.45) is 0 Å². The number of aromatic nitrogens is 1. The smallest absolute Gasteiger partial charge is 0.251 e. The van der Waals surface area contributed by atoms with Crippen LogP contribution in [0.4, 0.5) is 13.2 Å². The molecule has 0 N–H and O–H groups in total. The average Bonchev–Trinajstić information content (AvgIpc) is 2.03. The van der Waals surface area contributed by atoms with Gasteiger partial charge in [0.2, 0.25) is 0 Å². The number of nitrogens with zero attached hydrogens (tertiary/aromatic N) is 1. The molecule has 0 aliphatic carbocycles. The average molecular weight is 210 g/mol. The minimum atomic E-state index is -4.38. The summed E-state index contributed by atoms with van der Waals surface area (Å²) in [6.07, 6.45) is -3.24. The zero-order valence-electron chi connectivity index (χ0n) is 6.77. The number of alkyl halides is 4. The van der Waals surface area contributed by atoms with E-state index in [0.717, 1.165) is 12.3 Å². The Balaban J connectivity index is 2.94. The molecular formula is C8H7ClF3N. The van der Waals surface area contributed by atoms with E-state index in [1.807, 2.05) is 0 Å². The Bertz CT molecular complexity index is 278. The van der Waals surface area contributed by atoms with Crippen molar-refractivity contribution < 1.29 is 13.2 Å². The lowest BCUT2D eigenvalue weighted by Gasteiger charge is -2.07. The van der Waals surface area contributed by atoms with Crippen LogP contribution in [-0.4, -0.2) is 4.98 Å². The molecule has 1 nitrogen and oxygen atoms in total. The normalized spacial score (nSPS) is 14.2. The highest BCUT2D eigenvalue weighted by molar-refractivity contribution is 6.20. The van der Waals surface area contributed by atoms with Crippen LogP contribution in [0.1, 0.15) is 23.6 Å². The molecule has 1 heterocycles. The summed E-state index contributed by atoms with van der Waals surface area (Å²) in [7, 11) is 0. The van der Waals surface area contributed by atoms with Crippen LogP contribution in [0.25, 0.3) is 0 Å². The van der Waals surface area contributed by atoms with Crippen LogP contribution in [0, 0.1) is 0 Å². The molecule has 1 aromatic heterocycles. The van der Waals surface area contributed by atoms with Crippen molar-refractivity contribution in [3.63, 3.8) is 0 Å². The third-order valence-electron chi connectivity index (χ3n) is 1.54. The highest BCUT2D eigenvalue weighted by Gasteiger charge is 2.32. The second-order valence-corrected chi connectivity index (χ2v) is 3.25. The first-order valence-corrected chi connectivity index (χ1v) is 4.02. The van der Waals surface area contributed by atoms with E-state index in [2.05, 4.69) is 4.98 Å². The van der Waals surface area contributed by atoms with Crippen LogP contribution >= 0.6 is 11.6 Å². The van der Waals surface area contributed by atoms with Crippen molar-refractivity contribution in [3.05, 3.63) is 29.6 Å². The van der Waals surface area contributed by atoms with E-state index in [1.54, 1.807) is 6.92 Å². The van der Waals surface area contributed by atoms with Crippen LogP contribution in [0.5, 0.6) is 0 Å². The van der Waals surface area contributed by atoms with Crippen molar-refractivity contribution in [1.82, 2.24) is 4.98 Å². The summed E-state index contributed by atoms with van der Waals surface area (Å²) in [6, 6.07) is 2.25. The molecule has 1 rings (SSSR count). The largest absolute Gasteiger partial charge is 0.433 e. The number of halogens is 4. The minimum Gasteiger partial charge on any atom is -0.251 e. The Kier molecular flexibility index (Phi) is 2.81. The van der Waals surface area contributed by atoms with E-state index in [1.165, 1.54) is 6.07 Å². The van der Waals surface area contributed by atoms with Crippen LogP contribution < -0.4 is 0 Å². The molecule has 1 unspecified atom stereocenters. The maximum absolute atomic E-state index is 12.0. The molecule has 0 spiro atoms. The Morgan fingerprint density at radius 1 is 1.38 bits per heavy atom. The van der Waals surface area contributed by atoms with Crippen molar-refractivity contribution in [3.8, 4) is 0 Å². The predicted molar refractivity (Wildman–Crippen MR) is 43.5 cm³/mol. The first kappa shape index (κ1) is 10.3. The molecule has 0 bridgehead atoms. The van der Waals surface area contributed by atoms with Crippen molar-refractivity contribution in [1.29, 1.82) is 0 Å². The number of hydrogen-bond donors (Lipinski definition) is 0. The van der Waals surface area contributed by atoms with Gasteiger partial charge >= 0.3 is 6.18 Å². The second kappa shape index (κ2) is 3.54. The summed E-state index contributed by atoms with van der Waals surface area (Å²) in [5.41, 5.74) is -0.316. The molecule has 0 amide bonds. The van der Waals surface area contributed by atoms with Gasteiger partial charge in [0, 0.05) is 6.20 Å². The van der Waals surface area contributed by atoms with Crippen LogP contribution in [0.2, 0.25) is 0 Å². The van der Waals surface area contributed by atoms with Gasteiger partial charge in [0.1, 0.15) is 5.69 Å². The highest BCUT2D eigenvalue weighted by Crippen LogP contribution is 2.28. The second-order valence-electron chi connectivity index (χ2n) is 2.59. The Labute approximate surface area is 78.5 Å². The molecule has 5 heteroatoms. The molecule has 0 aliphatic rings. The fourth-order valence-corrected chi connectivity index (χ4v) is 0.937. The SMILES string of the molecule is CC(Cl)c1ccc(C(F)(F)F)nc1. The third kappa shape index (κ3) is 2.59. The standard InChI is InChI=1S/C8H7ClF3N/c1-5(9)6-2-3-7(13-4-6)8(10,11)12/h2-5H,1H3. The fourth-order valence-electron chi connectivity index (χ4n) is 0.808. The van der Waals surface area contributed by atoms with Gasteiger partial charge in [-0.1, -0.05) is 6.07 Å². The van der Waals surface area contributed by atoms with E-state index in [4.69, 9.17) is 11.6 Å². The molecule has 1 atom stereocenters. The van der Waals surface area contributed by atoms with E-state index in [-0.39, 0.29) is 5.38 Å². The van der Waals surface area contributed by atoms with Crippen molar-refractivity contribution in [2.45, 2.75) is 18.5 Å². The van der Waals surface area contributed by atoms with Crippen LogP contribution in [0.15, 0.2) is 18.3 Å². The van der Waals surface area contributed by atoms with Gasteiger partial charge in [0.25, 0.3) is 0 Å². The van der Waals surface area contributed by atoms with Gasteiger partial charge in [0.05, 0.1) is 5.38 Å². The zero-order chi connectivity index (χ0) is 10.1. The fraction of sp³-hybridized carbons (Fsp3) is 0.375. The molecule has 0 aliphatic heterocycles. The van der Waals surface area contributed by atoms with Gasteiger partial charge in [-0.3, -0.25) is 4.98 Å². The molecule has 0 saturated carbocycles. The molecular weight excluding hydrogens is 203 g/mol. The first-order chi connectivity index (χ1) is 5.91. The summed E-state index contributed by atoms with van der Waals surface area (Å²) in [5, 5.41) is -0.324. The number of hydrogen-bond acceptors (Lipinski definition) is 1. The van der Waals surface area contributed by atoms with E-state index < -0.39 is 11.9 Å². The first-order valence-electron chi connectivity index (χ1n) is 3.58. The predicted octanol–water partition coefficient (Wildman–Crippen LogP) is 3.40. The molecule has 0 radical (unpaired) electrons. The molecule has 0 fully saturated rings. The monoisotopic (exact) mass is 209 g/mol. The molecule has 1 aromatic rings. The van der Waals surface area contributed by atoms with Crippen molar-refractivity contribution >= 4 is 11.6 Å². The quantitative estimate of drug-likeness (QED) is 0.646. The Morgan fingerprint density at radius 2 is 2.00 bits per heavy atom. The van der Waals surface area contributed by atoms with E-state index in [0.29, 0.717) is 5.56 Å². The topological polar surface area (TPSA) is 12.9 Å². The van der Waals surface area contributed by atoms with Gasteiger partial charge in [-0.05, 0) is 18.6 Å². The summed E-state index contributed by atoms with van der Waals surface area (Å²) in [5.74, 6) is 0. The van der Waals surface area contributed by atoms with Crippen LogP contribution in [-0.2, 0) is 6.18 Å². The molecule has 0 saturated heterocycles. The van der Waals surface area contributed by atoms with Crippen molar-refractivity contribution in [2.75, 3.05) is 0 Å². The Hall–Kier alpha value is -0.770. The summed E-state index contributed by atoms with van der Waals surface area (Å²) in [6.45, 7) is 1.67. The molecule has 0 aromatic carbocycles. The third-order valence-corrected chi connectivity index (χ3v) is 1.79. The minimum absolute atomic E-state index is 0.324. The molecule has 72 valence electrons. The zero-order valence-corrected chi connectivity index (χ0v) is 7.52. The Morgan fingerprint density at radius 3 is 2.31 bits per heavy atom. The lowest BCUT2D eigenvalue weighted by Crippen LogP contribution is -2.07. The van der Waals surface area contributed by atoms with Gasteiger partial charge in [-0.25, -0.2) is 0 Å². The molecule has 13 heavy (non-hydrogen) atoms. The highest BCUT2D eigenvalue weighted by atomic mass is 35.5. The summed E-state index contributed by atoms with van der Waals surface area (Å²) < 4.78 is 36.1. The summed E-state index contributed by atoms with van der Waals surface area (Å²) >= 11 is 5.65. The van der Waals surface area contributed by atoms with Gasteiger partial charge < -0.3 is 0 Å². The van der Waals surface area contributed by atoms with Gasteiger partial charge in [-0.2, -0.15) is 13.2 Å². The maximum Gasteiger partial charge on any atom is 0.433 e.